The van der Waals surface area contributed by atoms with E-state index in [0.717, 1.165) is 47.2 Å². The van der Waals surface area contributed by atoms with Gasteiger partial charge in [-0.2, -0.15) is 0 Å². The van der Waals surface area contributed by atoms with E-state index in [4.69, 9.17) is 12.2 Å². The fraction of sp³-hybridized carbons (Fsp3) is 0.194. The maximum absolute atomic E-state index is 12.9. The Morgan fingerprint density at radius 3 is 2.21 bits per heavy atom. The van der Waals surface area contributed by atoms with Gasteiger partial charge < -0.3 is 15.1 Å². The van der Waals surface area contributed by atoms with Gasteiger partial charge in [-0.1, -0.05) is 55.5 Å². The second-order valence-electron chi connectivity index (χ2n) is 9.31. The second kappa shape index (κ2) is 11.4. The smallest absolute Gasteiger partial charge is 0.258 e. The highest BCUT2D eigenvalue weighted by molar-refractivity contribution is 7.80. The van der Waals surface area contributed by atoms with Crippen LogP contribution in [0.4, 0.5) is 11.4 Å². The summed E-state index contributed by atoms with van der Waals surface area (Å²) in [5.41, 5.74) is 4.44. The van der Waals surface area contributed by atoms with Gasteiger partial charge in [-0.25, -0.2) is 0 Å². The number of nitrogens with zero attached hydrogens (tertiary/aromatic N) is 2. The van der Waals surface area contributed by atoms with Crippen molar-refractivity contribution in [2.45, 2.75) is 13.3 Å². The van der Waals surface area contributed by atoms with Gasteiger partial charge in [0.15, 0.2) is 5.11 Å². The number of nitrogens with one attached hydrogen (secondary N) is 2. The lowest BCUT2D eigenvalue weighted by Gasteiger charge is -2.36. The lowest BCUT2D eigenvalue weighted by atomic mass is 10.0. The Labute approximate surface area is 228 Å². The molecule has 5 rings (SSSR count). The summed E-state index contributed by atoms with van der Waals surface area (Å²) in [5.74, 6) is -0.157. The molecule has 1 saturated heterocycles. The van der Waals surface area contributed by atoms with Crippen molar-refractivity contribution < 1.29 is 9.59 Å². The summed E-state index contributed by atoms with van der Waals surface area (Å²) in [7, 11) is 0. The van der Waals surface area contributed by atoms with Gasteiger partial charge >= 0.3 is 0 Å². The molecule has 192 valence electrons. The highest BCUT2D eigenvalue weighted by atomic mass is 32.1. The highest BCUT2D eigenvalue weighted by Crippen LogP contribution is 2.21. The van der Waals surface area contributed by atoms with Crippen LogP contribution in [0.2, 0.25) is 0 Å². The lowest BCUT2D eigenvalue weighted by molar-refractivity contribution is 0.0746. The number of hydrogen-bond acceptors (Lipinski definition) is 4. The van der Waals surface area contributed by atoms with E-state index in [9.17, 15) is 9.59 Å². The minimum absolute atomic E-state index is 0.0888. The number of piperazine rings is 1. The molecule has 7 heteroatoms. The van der Waals surface area contributed by atoms with Crippen molar-refractivity contribution in [2.24, 2.45) is 0 Å². The van der Waals surface area contributed by atoms with Crippen LogP contribution in [0.5, 0.6) is 0 Å². The molecule has 0 spiro atoms. The van der Waals surface area contributed by atoms with Gasteiger partial charge in [0.25, 0.3) is 11.8 Å². The molecule has 1 heterocycles. The minimum Gasteiger partial charge on any atom is -0.368 e. The molecule has 1 fully saturated rings. The third-order valence-electron chi connectivity index (χ3n) is 6.93. The first kappa shape index (κ1) is 25.4. The van der Waals surface area contributed by atoms with E-state index >= 15 is 0 Å². The Balaban J connectivity index is 1.14. The number of benzene rings is 4. The highest BCUT2D eigenvalue weighted by Gasteiger charge is 2.22. The Bertz CT molecular complexity index is 1450. The van der Waals surface area contributed by atoms with E-state index in [0.29, 0.717) is 18.7 Å². The predicted molar refractivity (Wildman–Crippen MR) is 158 cm³/mol. The van der Waals surface area contributed by atoms with E-state index in [1.54, 1.807) is 6.07 Å². The van der Waals surface area contributed by atoms with Crippen LogP contribution in [-0.2, 0) is 6.42 Å². The first-order valence-corrected chi connectivity index (χ1v) is 13.3. The van der Waals surface area contributed by atoms with E-state index < -0.39 is 0 Å². The SMILES string of the molecule is CCc1ccc(C(=O)N2CCN(c3ccc(NC(=S)NC(=O)c4cccc5ccccc45)cc3)CC2)cc1. The molecule has 0 bridgehead atoms. The van der Waals surface area contributed by atoms with Crippen molar-refractivity contribution in [3.8, 4) is 0 Å². The van der Waals surface area contributed by atoms with E-state index in [2.05, 4.69) is 22.5 Å². The third kappa shape index (κ3) is 5.68. The zero-order valence-corrected chi connectivity index (χ0v) is 22.1. The molecule has 0 unspecified atom stereocenters. The lowest BCUT2D eigenvalue weighted by Crippen LogP contribution is -2.48. The molecular weight excluding hydrogens is 492 g/mol. The van der Waals surface area contributed by atoms with Crippen LogP contribution in [0.3, 0.4) is 0 Å². The molecule has 4 aromatic rings. The van der Waals surface area contributed by atoms with Crippen LogP contribution < -0.4 is 15.5 Å². The molecule has 4 aromatic carbocycles. The summed E-state index contributed by atoms with van der Waals surface area (Å²) in [6.07, 6.45) is 0.965. The van der Waals surface area contributed by atoms with Gasteiger partial charge in [-0.3, -0.25) is 14.9 Å². The Hall–Kier alpha value is -4.23. The van der Waals surface area contributed by atoms with Crippen LogP contribution >= 0.6 is 12.2 Å². The summed E-state index contributed by atoms with van der Waals surface area (Å²) in [4.78, 5) is 29.9. The van der Waals surface area contributed by atoms with Crippen molar-refractivity contribution in [1.82, 2.24) is 10.2 Å². The van der Waals surface area contributed by atoms with Gasteiger partial charge in [0.1, 0.15) is 0 Å². The second-order valence-corrected chi connectivity index (χ2v) is 9.72. The zero-order chi connectivity index (χ0) is 26.5. The summed E-state index contributed by atoms with van der Waals surface area (Å²) in [5, 5.41) is 8.02. The average Bonchev–Trinajstić information content (AvgIpc) is 2.97. The number of carbonyl (C=O) groups is 2. The van der Waals surface area contributed by atoms with Gasteiger partial charge in [-0.15, -0.1) is 0 Å². The Morgan fingerprint density at radius 1 is 0.816 bits per heavy atom. The summed E-state index contributed by atoms with van der Waals surface area (Å²) >= 11 is 5.39. The molecule has 1 aliphatic heterocycles. The predicted octanol–water partition coefficient (Wildman–Crippen LogP) is 5.49. The summed E-state index contributed by atoms with van der Waals surface area (Å²) in [6, 6.07) is 29.3. The topological polar surface area (TPSA) is 64.7 Å². The minimum atomic E-state index is -0.246. The fourth-order valence-electron chi connectivity index (χ4n) is 4.75. The molecule has 0 radical (unpaired) electrons. The van der Waals surface area contributed by atoms with E-state index in [-0.39, 0.29) is 16.9 Å². The molecule has 38 heavy (non-hydrogen) atoms. The average molecular weight is 523 g/mol. The summed E-state index contributed by atoms with van der Waals surface area (Å²) < 4.78 is 0. The Morgan fingerprint density at radius 2 is 1.50 bits per heavy atom. The van der Waals surface area contributed by atoms with Gasteiger partial charge in [0.05, 0.1) is 0 Å². The normalized spacial score (nSPS) is 13.3. The fourth-order valence-corrected chi connectivity index (χ4v) is 4.96. The van der Waals surface area contributed by atoms with Crippen molar-refractivity contribution in [2.75, 3.05) is 36.4 Å². The van der Waals surface area contributed by atoms with Crippen molar-refractivity contribution in [3.05, 3.63) is 108 Å². The van der Waals surface area contributed by atoms with Gasteiger partial charge in [0.2, 0.25) is 0 Å². The number of amides is 2. The van der Waals surface area contributed by atoms with Crippen LogP contribution in [0.15, 0.2) is 91.0 Å². The zero-order valence-electron chi connectivity index (χ0n) is 21.3. The van der Waals surface area contributed by atoms with Crippen LogP contribution in [0.1, 0.15) is 33.2 Å². The number of thiocarbonyl (C=S) groups is 1. The molecule has 0 saturated carbocycles. The van der Waals surface area contributed by atoms with Gasteiger partial charge in [-0.05, 0) is 77.4 Å². The van der Waals surface area contributed by atoms with Crippen LogP contribution in [0, 0.1) is 0 Å². The standard InChI is InChI=1S/C31H30N4O2S/c1-2-22-10-12-24(13-11-22)30(37)35-20-18-34(19-21-35)26-16-14-25(15-17-26)32-31(38)33-29(36)28-9-5-7-23-6-3-4-8-27(23)28/h3-17H,2,18-21H2,1H3,(H2,32,33,36,38). The third-order valence-corrected chi connectivity index (χ3v) is 7.13. The molecule has 0 atom stereocenters. The maximum Gasteiger partial charge on any atom is 0.258 e. The number of fused-ring (bicyclic) bond motifs is 1. The number of anilines is 2. The molecule has 6 nitrogen and oxygen atoms in total. The Kier molecular flexibility index (Phi) is 7.65. The molecule has 0 aromatic heterocycles. The molecule has 2 amide bonds. The number of aryl methyl sites for hydroxylation is 1. The number of rotatable bonds is 5. The first-order valence-electron chi connectivity index (χ1n) is 12.8. The van der Waals surface area contributed by atoms with Crippen LogP contribution in [-0.4, -0.2) is 48.0 Å². The van der Waals surface area contributed by atoms with Crippen LogP contribution in [0.25, 0.3) is 10.8 Å². The molecule has 0 aliphatic carbocycles. The van der Waals surface area contributed by atoms with E-state index in [1.165, 1.54) is 5.56 Å². The number of hydrogen-bond donors (Lipinski definition) is 2. The maximum atomic E-state index is 12.9. The first-order chi connectivity index (χ1) is 18.5. The van der Waals surface area contributed by atoms with Gasteiger partial charge in [0, 0.05) is 48.7 Å². The largest absolute Gasteiger partial charge is 0.368 e. The van der Waals surface area contributed by atoms with Crippen molar-refractivity contribution in [1.29, 1.82) is 0 Å². The monoisotopic (exact) mass is 522 g/mol. The molecular formula is C31H30N4O2S. The quantitative estimate of drug-likeness (QED) is 0.339. The summed E-state index contributed by atoms with van der Waals surface area (Å²) in [6.45, 7) is 5.01. The van der Waals surface area contributed by atoms with Crippen molar-refractivity contribution in [3.63, 3.8) is 0 Å². The number of carbonyl (C=O) groups excluding carboxylic acids is 2. The van der Waals surface area contributed by atoms with Crippen molar-refractivity contribution >= 4 is 51.3 Å². The molecule has 1 aliphatic rings. The van der Waals surface area contributed by atoms with E-state index in [1.807, 2.05) is 89.8 Å². The molecule has 2 N–H and O–H groups in total.